The lowest BCUT2D eigenvalue weighted by molar-refractivity contribution is 0.177. The van der Waals surface area contributed by atoms with Crippen LogP contribution in [-0.4, -0.2) is 30.9 Å². The van der Waals surface area contributed by atoms with Gasteiger partial charge in [-0.2, -0.15) is 0 Å². The molecule has 0 saturated heterocycles. The molecule has 0 aliphatic heterocycles. The first-order valence-corrected chi connectivity index (χ1v) is 7.71. The van der Waals surface area contributed by atoms with Gasteiger partial charge in [-0.05, 0) is 69.2 Å². The fourth-order valence-electron chi connectivity index (χ4n) is 2.88. The van der Waals surface area contributed by atoms with Crippen LogP contribution in [0, 0.1) is 5.92 Å². The quantitative estimate of drug-likeness (QED) is 0.805. The van der Waals surface area contributed by atoms with Gasteiger partial charge in [0.05, 0.1) is 13.2 Å². The van der Waals surface area contributed by atoms with E-state index < -0.39 is 0 Å². The molecule has 3 atom stereocenters. The Morgan fingerprint density at radius 3 is 2.65 bits per heavy atom. The number of aliphatic hydroxyl groups excluding tert-OH is 1. The van der Waals surface area contributed by atoms with E-state index in [2.05, 4.69) is 24.4 Å². The fourth-order valence-corrected chi connectivity index (χ4v) is 2.88. The van der Waals surface area contributed by atoms with E-state index in [1.807, 2.05) is 12.1 Å². The van der Waals surface area contributed by atoms with Crippen molar-refractivity contribution < 1.29 is 9.84 Å². The molecule has 112 valence electrons. The molecule has 20 heavy (non-hydrogen) atoms. The van der Waals surface area contributed by atoms with Crippen LogP contribution < -0.4 is 10.1 Å². The number of aryl methyl sites for hydroxylation is 1. The highest BCUT2D eigenvalue weighted by atomic mass is 16.5. The molecule has 1 fully saturated rings. The van der Waals surface area contributed by atoms with E-state index >= 15 is 0 Å². The second-order valence-electron chi connectivity index (χ2n) is 6.03. The third-order valence-corrected chi connectivity index (χ3v) is 4.29. The molecule has 0 amide bonds. The monoisotopic (exact) mass is 277 g/mol. The maximum atomic E-state index is 9.52. The molecule has 2 rings (SSSR count). The van der Waals surface area contributed by atoms with Crippen LogP contribution in [0.1, 0.15) is 38.2 Å². The topological polar surface area (TPSA) is 41.5 Å². The van der Waals surface area contributed by atoms with Gasteiger partial charge in [0, 0.05) is 6.04 Å². The molecule has 3 unspecified atom stereocenters. The molecule has 3 heteroatoms. The van der Waals surface area contributed by atoms with Gasteiger partial charge in [0.15, 0.2) is 0 Å². The average Bonchev–Trinajstić information content (AvgIpc) is 2.89. The molecular weight excluding hydrogens is 250 g/mol. The van der Waals surface area contributed by atoms with E-state index in [9.17, 15) is 5.11 Å². The van der Waals surface area contributed by atoms with Crippen LogP contribution >= 0.6 is 0 Å². The van der Waals surface area contributed by atoms with Crippen molar-refractivity contribution >= 4 is 0 Å². The van der Waals surface area contributed by atoms with Crippen LogP contribution in [-0.2, 0) is 6.42 Å². The number of nitrogens with one attached hydrogen (secondary N) is 1. The van der Waals surface area contributed by atoms with Gasteiger partial charge in [-0.1, -0.05) is 12.1 Å². The van der Waals surface area contributed by atoms with E-state index in [0.717, 1.165) is 38.0 Å². The van der Waals surface area contributed by atoms with Crippen LogP contribution in [0.15, 0.2) is 24.3 Å². The van der Waals surface area contributed by atoms with Crippen molar-refractivity contribution in [3.63, 3.8) is 0 Å². The Kier molecular flexibility index (Phi) is 5.86. The minimum absolute atomic E-state index is 0.0589. The lowest BCUT2D eigenvalue weighted by Gasteiger charge is -2.17. The first-order chi connectivity index (χ1) is 9.67. The summed E-state index contributed by atoms with van der Waals surface area (Å²) < 4.78 is 5.17. The van der Waals surface area contributed by atoms with E-state index in [1.165, 1.54) is 12.0 Å². The first-order valence-electron chi connectivity index (χ1n) is 7.71. The highest BCUT2D eigenvalue weighted by Gasteiger charge is 2.22. The zero-order chi connectivity index (χ0) is 14.4. The van der Waals surface area contributed by atoms with E-state index in [0.29, 0.717) is 12.0 Å². The molecule has 0 heterocycles. The lowest BCUT2D eigenvalue weighted by atomic mass is 10.0. The molecule has 1 saturated carbocycles. The van der Waals surface area contributed by atoms with Gasteiger partial charge in [-0.15, -0.1) is 0 Å². The SMILES string of the molecule is COc1ccc(CCC(C)NCC2CCC(O)C2)cc1. The van der Waals surface area contributed by atoms with Crippen LogP contribution in [0.25, 0.3) is 0 Å². The van der Waals surface area contributed by atoms with Crippen molar-refractivity contribution in [3.05, 3.63) is 29.8 Å². The van der Waals surface area contributed by atoms with Gasteiger partial charge in [0.25, 0.3) is 0 Å². The van der Waals surface area contributed by atoms with Crippen LogP contribution in [0.4, 0.5) is 0 Å². The molecule has 1 aliphatic rings. The summed E-state index contributed by atoms with van der Waals surface area (Å²) >= 11 is 0. The molecule has 1 aromatic carbocycles. The lowest BCUT2D eigenvalue weighted by Crippen LogP contribution is -2.31. The molecule has 1 aromatic rings. The van der Waals surface area contributed by atoms with Gasteiger partial charge in [0.2, 0.25) is 0 Å². The highest BCUT2D eigenvalue weighted by molar-refractivity contribution is 5.27. The zero-order valence-corrected chi connectivity index (χ0v) is 12.6. The number of benzene rings is 1. The molecule has 0 radical (unpaired) electrons. The summed E-state index contributed by atoms with van der Waals surface area (Å²) in [6.45, 7) is 3.29. The van der Waals surface area contributed by atoms with Gasteiger partial charge in [-0.3, -0.25) is 0 Å². The zero-order valence-electron chi connectivity index (χ0n) is 12.6. The number of hydrogen-bond donors (Lipinski definition) is 2. The predicted molar refractivity (Wildman–Crippen MR) is 82.1 cm³/mol. The summed E-state index contributed by atoms with van der Waals surface area (Å²) in [6.07, 6.45) is 5.29. The maximum Gasteiger partial charge on any atom is 0.118 e. The number of ether oxygens (including phenoxy) is 1. The molecule has 0 spiro atoms. The molecule has 3 nitrogen and oxygen atoms in total. The van der Waals surface area contributed by atoms with Crippen molar-refractivity contribution in [2.75, 3.05) is 13.7 Å². The summed E-state index contributed by atoms with van der Waals surface area (Å²) in [7, 11) is 1.70. The summed E-state index contributed by atoms with van der Waals surface area (Å²) in [5.41, 5.74) is 1.36. The molecule has 2 N–H and O–H groups in total. The van der Waals surface area contributed by atoms with Crippen molar-refractivity contribution in [2.24, 2.45) is 5.92 Å². The van der Waals surface area contributed by atoms with Crippen molar-refractivity contribution in [3.8, 4) is 5.75 Å². The van der Waals surface area contributed by atoms with E-state index in [-0.39, 0.29) is 6.10 Å². The van der Waals surface area contributed by atoms with E-state index in [1.54, 1.807) is 7.11 Å². The van der Waals surface area contributed by atoms with Gasteiger partial charge in [-0.25, -0.2) is 0 Å². The van der Waals surface area contributed by atoms with Crippen LogP contribution in [0.5, 0.6) is 5.75 Å². The third-order valence-electron chi connectivity index (χ3n) is 4.29. The Morgan fingerprint density at radius 1 is 1.30 bits per heavy atom. The van der Waals surface area contributed by atoms with Gasteiger partial charge < -0.3 is 15.2 Å². The number of rotatable bonds is 7. The number of aliphatic hydroxyl groups is 1. The summed E-state index contributed by atoms with van der Waals surface area (Å²) in [5.74, 6) is 1.58. The Balaban J connectivity index is 1.65. The highest BCUT2D eigenvalue weighted by Crippen LogP contribution is 2.24. The molecule has 0 bridgehead atoms. The van der Waals surface area contributed by atoms with Gasteiger partial charge >= 0.3 is 0 Å². The second-order valence-corrected chi connectivity index (χ2v) is 6.03. The number of methoxy groups -OCH3 is 1. The summed E-state index contributed by atoms with van der Waals surface area (Å²) in [4.78, 5) is 0. The summed E-state index contributed by atoms with van der Waals surface area (Å²) in [5, 5.41) is 13.1. The molecular formula is C17H27NO2. The van der Waals surface area contributed by atoms with Crippen LogP contribution in [0.3, 0.4) is 0 Å². The predicted octanol–water partition coefficient (Wildman–Crippen LogP) is 2.77. The van der Waals surface area contributed by atoms with Gasteiger partial charge in [0.1, 0.15) is 5.75 Å². The van der Waals surface area contributed by atoms with E-state index in [4.69, 9.17) is 4.74 Å². The Morgan fingerprint density at radius 2 is 2.05 bits per heavy atom. The van der Waals surface area contributed by atoms with Crippen molar-refractivity contribution in [1.29, 1.82) is 0 Å². The second kappa shape index (κ2) is 7.65. The Labute approximate surface area is 122 Å². The normalized spacial score (nSPS) is 23.8. The standard InChI is InChI=1S/C17H27NO2/c1-13(18-12-15-5-8-16(19)11-15)3-4-14-6-9-17(20-2)10-7-14/h6-7,9-10,13,15-16,18-19H,3-5,8,11-12H2,1-2H3. The van der Waals surface area contributed by atoms with Crippen molar-refractivity contribution in [1.82, 2.24) is 5.32 Å². The smallest absolute Gasteiger partial charge is 0.118 e. The largest absolute Gasteiger partial charge is 0.497 e. The van der Waals surface area contributed by atoms with Crippen molar-refractivity contribution in [2.45, 2.75) is 51.2 Å². The first kappa shape index (κ1) is 15.3. The van der Waals surface area contributed by atoms with Crippen LogP contribution in [0.2, 0.25) is 0 Å². The minimum atomic E-state index is -0.0589. The fraction of sp³-hybridized carbons (Fsp3) is 0.647. The maximum absolute atomic E-state index is 9.52. The minimum Gasteiger partial charge on any atom is -0.497 e. The average molecular weight is 277 g/mol. The third kappa shape index (κ3) is 4.80. The summed E-state index contributed by atoms with van der Waals surface area (Å²) in [6, 6.07) is 8.84. The molecule has 0 aromatic heterocycles. The Hall–Kier alpha value is -1.06. The molecule has 1 aliphatic carbocycles. The number of hydrogen-bond acceptors (Lipinski definition) is 3. The Bertz CT molecular complexity index is 390.